The van der Waals surface area contributed by atoms with Crippen LogP contribution in [0.2, 0.25) is 0 Å². The summed E-state index contributed by atoms with van der Waals surface area (Å²) >= 11 is 0. The van der Waals surface area contributed by atoms with Gasteiger partial charge in [0.15, 0.2) is 0 Å². The van der Waals surface area contributed by atoms with Crippen LogP contribution in [-0.2, 0) is 10.8 Å². The Labute approximate surface area is 117 Å². The van der Waals surface area contributed by atoms with Gasteiger partial charge in [0.25, 0.3) is 0 Å². The molecule has 0 spiro atoms. The average Bonchev–Trinajstić information content (AvgIpc) is 2.14. The Morgan fingerprint density at radius 2 is 1.61 bits per heavy atom. The van der Waals surface area contributed by atoms with Crippen LogP contribution < -0.4 is 0 Å². The van der Waals surface area contributed by atoms with E-state index in [1.165, 1.54) is 12.1 Å². The van der Waals surface area contributed by atoms with Gasteiger partial charge in [-0.15, -0.1) is 0 Å². The number of hydrogen-bond donors (Lipinski definition) is 0. The molecule has 0 aliphatic heterocycles. The molecule has 0 radical (unpaired) electrons. The van der Waals surface area contributed by atoms with E-state index < -0.39 is 22.4 Å². The normalized spacial score (nSPS) is 14.8. The number of rotatable bonds is 3. The van der Waals surface area contributed by atoms with E-state index in [4.69, 9.17) is 0 Å². The molecule has 0 fully saturated rings. The van der Waals surface area contributed by atoms with Gasteiger partial charge in [0.2, 0.25) is 0 Å². The SMILES string of the molecule is C[C@H](C[S@@](=O)C(C)(C)C)c1cc(F)cc(F)c1.S. The van der Waals surface area contributed by atoms with Crippen LogP contribution in [0, 0.1) is 11.6 Å². The van der Waals surface area contributed by atoms with Gasteiger partial charge in [-0.05, 0) is 44.4 Å². The molecule has 0 unspecified atom stereocenters. The maximum Gasteiger partial charge on any atom is 0.126 e. The van der Waals surface area contributed by atoms with Crippen molar-refractivity contribution >= 4 is 24.3 Å². The fraction of sp³-hybridized carbons (Fsp3) is 0.538. The Balaban J connectivity index is 0.00000289. The molecule has 1 aromatic rings. The fourth-order valence-electron chi connectivity index (χ4n) is 1.43. The predicted octanol–water partition coefficient (Wildman–Crippen LogP) is 3.73. The lowest BCUT2D eigenvalue weighted by molar-refractivity contribution is 0.576. The first-order valence-corrected chi connectivity index (χ1v) is 6.86. The summed E-state index contributed by atoms with van der Waals surface area (Å²) in [6.45, 7) is 7.50. The van der Waals surface area contributed by atoms with Crippen molar-refractivity contribution in [1.29, 1.82) is 0 Å². The minimum atomic E-state index is -1.03. The zero-order chi connectivity index (χ0) is 13.2. The summed E-state index contributed by atoms with van der Waals surface area (Å²) in [5.41, 5.74) is 0.556. The van der Waals surface area contributed by atoms with Crippen molar-refractivity contribution in [1.82, 2.24) is 0 Å². The van der Waals surface area contributed by atoms with Crippen molar-refractivity contribution in [3.63, 3.8) is 0 Å². The Hall–Kier alpha value is -0.420. The maximum atomic E-state index is 13.0. The standard InChI is InChI=1S/C13H18F2OS.H2S/c1-9(8-17(16)13(2,3)4)10-5-11(14)7-12(15)6-10;/h5-7,9H,8H2,1-4H3;1H2/t9-,17-;/m1./s1. The quantitative estimate of drug-likeness (QED) is 0.830. The lowest BCUT2D eigenvalue weighted by atomic mass is 10.0. The van der Waals surface area contributed by atoms with E-state index in [1.807, 2.05) is 27.7 Å². The lowest BCUT2D eigenvalue weighted by Crippen LogP contribution is -2.26. The first-order chi connectivity index (χ1) is 7.70. The van der Waals surface area contributed by atoms with E-state index in [9.17, 15) is 13.0 Å². The largest absolute Gasteiger partial charge is 0.259 e. The highest BCUT2D eigenvalue weighted by atomic mass is 32.2. The van der Waals surface area contributed by atoms with Crippen LogP contribution in [0.3, 0.4) is 0 Å². The molecule has 0 heterocycles. The van der Waals surface area contributed by atoms with E-state index in [2.05, 4.69) is 0 Å². The Morgan fingerprint density at radius 1 is 1.17 bits per heavy atom. The molecule has 104 valence electrons. The number of halogens is 2. The second-order valence-electron chi connectivity index (χ2n) is 5.23. The summed E-state index contributed by atoms with van der Waals surface area (Å²) in [4.78, 5) is 0. The second kappa shape index (κ2) is 6.66. The van der Waals surface area contributed by atoms with Crippen molar-refractivity contribution in [3.8, 4) is 0 Å². The summed E-state index contributed by atoms with van der Waals surface area (Å²) in [5.74, 6) is -0.895. The van der Waals surface area contributed by atoms with Crippen molar-refractivity contribution in [2.45, 2.75) is 38.4 Å². The smallest absolute Gasteiger partial charge is 0.126 e. The molecule has 2 atom stereocenters. The van der Waals surface area contributed by atoms with Crippen LogP contribution in [0.4, 0.5) is 8.78 Å². The molecule has 0 saturated heterocycles. The van der Waals surface area contributed by atoms with Gasteiger partial charge in [0.1, 0.15) is 11.6 Å². The molecular weight excluding hydrogens is 274 g/mol. The molecule has 0 amide bonds. The molecule has 0 bridgehead atoms. The van der Waals surface area contributed by atoms with E-state index in [-0.39, 0.29) is 24.2 Å². The highest BCUT2D eigenvalue weighted by molar-refractivity contribution is 7.86. The maximum absolute atomic E-state index is 13.0. The fourth-order valence-corrected chi connectivity index (χ4v) is 2.58. The first kappa shape index (κ1) is 17.6. The predicted molar refractivity (Wildman–Crippen MR) is 77.9 cm³/mol. The van der Waals surface area contributed by atoms with Crippen LogP contribution in [0.15, 0.2) is 18.2 Å². The summed E-state index contributed by atoms with van der Waals surface area (Å²) in [5, 5.41) is 0. The Morgan fingerprint density at radius 3 is 2.00 bits per heavy atom. The third kappa shape index (κ3) is 5.06. The van der Waals surface area contributed by atoms with Crippen molar-refractivity contribution in [3.05, 3.63) is 35.4 Å². The van der Waals surface area contributed by atoms with E-state index in [0.717, 1.165) is 6.07 Å². The summed E-state index contributed by atoms with van der Waals surface area (Å²) in [6, 6.07) is 3.44. The molecular formula is C13H20F2OS2. The molecule has 1 aromatic carbocycles. The average molecular weight is 294 g/mol. The van der Waals surface area contributed by atoms with Gasteiger partial charge in [-0.25, -0.2) is 8.78 Å². The van der Waals surface area contributed by atoms with E-state index in [1.54, 1.807) is 0 Å². The summed E-state index contributed by atoms with van der Waals surface area (Å²) in [7, 11) is -1.03. The first-order valence-electron chi connectivity index (χ1n) is 5.54. The number of benzene rings is 1. The molecule has 0 N–H and O–H groups in total. The van der Waals surface area contributed by atoms with Crippen molar-refractivity contribution in [2.24, 2.45) is 0 Å². The summed E-state index contributed by atoms with van der Waals surface area (Å²) in [6.07, 6.45) is 0. The van der Waals surface area contributed by atoms with Crippen molar-refractivity contribution < 1.29 is 13.0 Å². The molecule has 0 aliphatic carbocycles. The van der Waals surface area contributed by atoms with Gasteiger partial charge >= 0.3 is 0 Å². The Bertz CT molecular complexity index is 407. The van der Waals surface area contributed by atoms with Gasteiger partial charge < -0.3 is 0 Å². The molecule has 0 aromatic heterocycles. The molecule has 5 heteroatoms. The zero-order valence-electron chi connectivity index (χ0n) is 11.1. The third-order valence-corrected chi connectivity index (χ3v) is 4.71. The highest BCUT2D eigenvalue weighted by Crippen LogP contribution is 2.22. The molecule has 18 heavy (non-hydrogen) atoms. The monoisotopic (exact) mass is 294 g/mol. The van der Waals surface area contributed by atoms with Gasteiger partial charge in [-0.2, -0.15) is 13.5 Å². The lowest BCUT2D eigenvalue weighted by Gasteiger charge is -2.21. The van der Waals surface area contributed by atoms with Gasteiger partial charge in [-0.3, -0.25) is 4.21 Å². The van der Waals surface area contributed by atoms with Gasteiger partial charge in [0.05, 0.1) is 0 Å². The summed E-state index contributed by atoms with van der Waals surface area (Å²) < 4.78 is 37.7. The van der Waals surface area contributed by atoms with Crippen LogP contribution in [-0.4, -0.2) is 14.7 Å². The highest BCUT2D eigenvalue weighted by Gasteiger charge is 2.22. The van der Waals surface area contributed by atoms with E-state index >= 15 is 0 Å². The minimum Gasteiger partial charge on any atom is -0.259 e. The second-order valence-corrected chi connectivity index (χ2v) is 7.48. The molecule has 1 rings (SSSR count). The van der Waals surface area contributed by atoms with Crippen LogP contribution in [0.25, 0.3) is 0 Å². The van der Waals surface area contributed by atoms with Crippen LogP contribution in [0.1, 0.15) is 39.2 Å². The van der Waals surface area contributed by atoms with Gasteiger partial charge in [-0.1, -0.05) is 6.92 Å². The minimum absolute atomic E-state index is 0. The van der Waals surface area contributed by atoms with Gasteiger partial charge in [0, 0.05) is 27.4 Å². The topological polar surface area (TPSA) is 17.1 Å². The van der Waals surface area contributed by atoms with E-state index in [0.29, 0.717) is 11.3 Å². The zero-order valence-corrected chi connectivity index (χ0v) is 12.9. The molecule has 0 saturated carbocycles. The third-order valence-electron chi connectivity index (χ3n) is 2.54. The Kier molecular flexibility index (Phi) is 6.51. The number of hydrogen-bond acceptors (Lipinski definition) is 1. The van der Waals surface area contributed by atoms with Crippen LogP contribution in [0.5, 0.6) is 0 Å². The van der Waals surface area contributed by atoms with Crippen molar-refractivity contribution in [2.75, 3.05) is 5.75 Å². The molecule has 0 aliphatic rings. The molecule has 1 nitrogen and oxygen atoms in total. The van der Waals surface area contributed by atoms with Crippen LogP contribution >= 0.6 is 13.5 Å².